The molecule has 8 heteroatoms. The van der Waals surface area contributed by atoms with Gasteiger partial charge >= 0.3 is 0 Å². The van der Waals surface area contributed by atoms with Gasteiger partial charge in [-0.1, -0.05) is 54.7 Å². The van der Waals surface area contributed by atoms with Crippen molar-refractivity contribution >= 4 is 58.0 Å². The molecule has 0 radical (unpaired) electrons. The average Bonchev–Trinajstić information content (AvgIpc) is 2.70. The SMILES string of the molecule is CC(C)CC(=O)N1CCN(c2ccc(Cl)cc2NC(=O)c2cccc(Cl)c2Cl)CC1. The van der Waals surface area contributed by atoms with Crippen LogP contribution in [0.4, 0.5) is 11.4 Å². The number of rotatable bonds is 5. The number of carbonyl (C=O) groups is 2. The highest BCUT2D eigenvalue weighted by atomic mass is 35.5. The van der Waals surface area contributed by atoms with E-state index in [4.69, 9.17) is 34.8 Å². The molecule has 1 heterocycles. The molecule has 1 aliphatic rings. The van der Waals surface area contributed by atoms with Gasteiger partial charge < -0.3 is 15.1 Å². The molecule has 1 N–H and O–H groups in total. The van der Waals surface area contributed by atoms with Crippen LogP contribution >= 0.6 is 34.8 Å². The summed E-state index contributed by atoms with van der Waals surface area (Å²) in [6, 6.07) is 10.3. The third-order valence-electron chi connectivity index (χ3n) is 4.96. The Kier molecular flexibility index (Phi) is 7.50. The second-order valence-corrected chi connectivity index (χ2v) is 8.90. The summed E-state index contributed by atoms with van der Waals surface area (Å²) in [4.78, 5) is 29.2. The number of benzene rings is 2. The summed E-state index contributed by atoms with van der Waals surface area (Å²) in [5, 5.41) is 3.94. The van der Waals surface area contributed by atoms with E-state index in [1.807, 2.05) is 24.8 Å². The summed E-state index contributed by atoms with van der Waals surface area (Å²) >= 11 is 18.4. The summed E-state index contributed by atoms with van der Waals surface area (Å²) in [6.07, 6.45) is 0.558. The Hall–Kier alpha value is -1.95. The van der Waals surface area contributed by atoms with Crippen LogP contribution in [0.2, 0.25) is 15.1 Å². The van der Waals surface area contributed by atoms with E-state index in [2.05, 4.69) is 10.2 Å². The first-order valence-electron chi connectivity index (χ1n) is 9.84. The number of anilines is 2. The van der Waals surface area contributed by atoms with Gasteiger partial charge in [-0.25, -0.2) is 0 Å². The van der Waals surface area contributed by atoms with Gasteiger partial charge in [-0.05, 0) is 36.2 Å². The van der Waals surface area contributed by atoms with E-state index in [0.717, 1.165) is 5.69 Å². The van der Waals surface area contributed by atoms with Crippen molar-refractivity contribution in [3.8, 4) is 0 Å². The molecule has 0 aromatic heterocycles. The maximum absolute atomic E-state index is 12.8. The Balaban J connectivity index is 1.76. The molecule has 5 nitrogen and oxygen atoms in total. The van der Waals surface area contributed by atoms with Crippen LogP contribution in [0.15, 0.2) is 36.4 Å². The molecule has 2 aromatic rings. The highest BCUT2D eigenvalue weighted by Gasteiger charge is 2.24. The Bertz CT molecular complexity index is 941. The number of carbonyl (C=O) groups excluding carboxylic acids is 2. The highest BCUT2D eigenvalue weighted by molar-refractivity contribution is 6.44. The molecule has 30 heavy (non-hydrogen) atoms. The van der Waals surface area contributed by atoms with E-state index >= 15 is 0 Å². The van der Waals surface area contributed by atoms with Gasteiger partial charge in [0.2, 0.25) is 5.91 Å². The fourth-order valence-electron chi connectivity index (χ4n) is 3.43. The molecule has 0 saturated carbocycles. The van der Waals surface area contributed by atoms with Gasteiger partial charge in [-0.3, -0.25) is 9.59 Å². The Labute approximate surface area is 191 Å². The third kappa shape index (κ3) is 5.39. The zero-order chi connectivity index (χ0) is 21.8. The number of hydrogen-bond acceptors (Lipinski definition) is 3. The molecular weight excluding hydrogens is 445 g/mol. The van der Waals surface area contributed by atoms with Crippen LogP contribution in [0.3, 0.4) is 0 Å². The van der Waals surface area contributed by atoms with Crippen molar-refractivity contribution in [2.45, 2.75) is 20.3 Å². The molecule has 0 spiro atoms. The van der Waals surface area contributed by atoms with Crippen LogP contribution in [0.25, 0.3) is 0 Å². The van der Waals surface area contributed by atoms with Gasteiger partial charge in [0.1, 0.15) is 0 Å². The third-order valence-corrected chi connectivity index (χ3v) is 6.01. The predicted molar refractivity (Wildman–Crippen MR) is 124 cm³/mol. The van der Waals surface area contributed by atoms with Crippen LogP contribution in [0.1, 0.15) is 30.6 Å². The Morgan fingerprint density at radius 2 is 1.73 bits per heavy atom. The number of hydrogen-bond donors (Lipinski definition) is 1. The van der Waals surface area contributed by atoms with Crippen molar-refractivity contribution < 1.29 is 9.59 Å². The molecule has 160 valence electrons. The predicted octanol–water partition coefficient (Wildman–Crippen LogP) is 5.59. The number of nitrogens with one attached hydrogen (secondary N) is 1. The maximum atomic E-state index is 12.8. The van der Waals surface area contributed by atoms with Gasteiger partial charge in [-0.15, -0.1) is 0 Å². The van der Waals surface area contributed by atoms with Crippen molar-refractivity contribution in [3.05, 3.63) is 57.0 Å². The maximum Gasteiger partial charge on any atom is 0.257 e. The van der Waals surface area contributed by atoms with E-state index < -0.39 is 0 Å². The summed E-state index contributed by atoms with van der Waals surface area (Å²) in [7, 11) is 0. The van der Waals surface area contributed by atoms with Crippen LogP contribution in [0.5, 0.6) is 0 Å². The van der Waals surface area contributed by atoms with E-state index in [-0.39, 0.29) is 16.8 Å². The van der Waals surface area contributed by atoms with Gasteiger partial charge in [0, 0.05) is 37.6 Å². The van der Waals surface area contributed by atoms with Crippen molar-refractivity contribution in [2.24, 2.45) is 5.92 Å². The average molecular weight is 469 g/mol. The number of nitrogens with zero attached hydrogens (tertiary/aromatic N) is 2. The van der Waals surface area contributed by atoms with Gasteiger partial charge in [0.05, 0.1) is 27.0 Å². The standard InChI is InChI=1S/C22H24Cl3N3O2/c1-14(2)12-20(29)28-10-8-27(9-11-28)19-7-6-15(23)13-18(19)26-22(30)16-4-3-5-17(24)21(16)25/h3-7,13-14H,8-12H2,1-2H3,(H,26,30). The second-order valence-electron chi connectivity index (χ2n) is 7.68. The zero-order valence-corrected chi connectivity index (χ0v) is 19.2. The van der Waals surface area contributed by atoms with E-state index in [1.165, 1.54) is 0 Å². The van der Waals surface area contributed by atoms with E-state index in [1.54, 1.807) is 30.3 Å². The van der Waals surface area contributed by atoms with Crippen molar-refractivity contribution in [2.75, 3.05) is 36.4 Å². The summed E-state index contributed by atoms with van der Waals surface area (Å²) < 4.78 is 0. The normalized spacial score (nSPS) is 14.2. The monoisotopic (exact) mass is 467 g/mol. The van der Waals surface area contributed by atoms with Crippen LogP contribution in [0, 0.1) is 5.92 Å². The molecule has 2 amide bonds. The van der Waals surface area contributed by atoms with Crippen molar-refractivity contribution in [3.63, 3.8) is 0 Å². The minimum absolute atomic E-state index is 0.185. The fraction of sp³-hybridized carbons (Fsp3) is 0.364. The lowest BCUT2D eigenvalue weighted by atomic mass is 10.1. The van der Waals surface area contributed by atoms with Crippen molar-refractivity contribution in [1.82, 2.24) is 4.90 Å². The molecule has 1 fully saturated rings. The summed E-state index contributed by atoms with van der Waals surface area (Å²) in [5.74, 6) is 0.161. The first-order chi connectivity index (χ1) is 14.3. The van der Waals surface area contributed by atoms with Gasteiger partial charge in [0.25, 0.3) is 5.91 Å². The lowest BCUT2D eigenvalue weighted by Crippen LogP contribution is -2.49. The lowest BCUT2D eigenvalue weighted by molar-refractivity contribution is -0.132. The molecule has 1 saturated heterocycles. The minimum atomic E-state index is -0.364. The van der Waals surface area contributed by atoms with Crippen molar-refractivity contribution in [1.29, 1.82) is 0 Å². The topological polar surface area (TPSA) is 52.7 Å². The lowest BCUT2D eigenvalue weighted by Gasteiger charge is -2.37. The molecular formula is C22H24Cl3N3O2. The van der Waals surface area contributed by atoms with E-state index in [9.17, 15) is 9.59 Å². The molecule has 1 aliphatic heterocycles. The van der Waals surface area contributed by atoms with Gasteiger partial charge in [-0.2, -0.15) is 0 Å². The second kappa shape index (κ2) is 9.90. The Morgan fingerprint density at radius 3 is 2.40 bits per heavy atom. The van der Waals surface area contributed by atoms with Crippen LogP contribution < -0.4 is 10.2 Å². The quantitative estimate of drug-likeness (QED) is 0.622. The van der Waals surface area contributed by atoms with Crippen LogP contribution in [-0.2, 0) is 4.79 Å². The first-order valence-corrected chi connectivity index (χ1v) is 11.0. The molecule has 2 aromatic carbocycles. The molecule has 0 atom stereocenters. The number of halogens is 3. The van der Waals surface area contributed by atoms with Gasteiger partial charge in [0.15, 0.2) is 0 Å². The smallest absolute Gasteiger partial charge is 0.257 e. The van der Waals surface area contributed by atoms with Crippen LogP contribution in [-0.4, -0.2) is 42.9 Å². The number of amides is 2. The first kappa shape index (κ1) is 22.7. The fourth-order valence-corrected chi connectivity index (χ4v) is 3.99. The molecule has 3 rings (SSSR count). The number of piperazine rings is 1. The van der Waals surface area contributed by atoms with E-state index in [0.29, 0.717) is 59.8 Å². The summed E-state index contributed by atoms with van der Waals surface area (Å²) in [6.45, 7) is 6.72. The highest BCUT2D eigenvalue weighted by Crippen LogP contribution is 2.32. The molecule has 0 aliphatic carbocycles. The Morgan fingerprint density at radius 1 is 1.03 bits per heavy atom. The molecule has 0 unspecified atom stereocenters. The zero-order valence-electron chi connectivity index (χ0n) is 16.9. The largest absolute Gasteiger partial charge is 0.366 e. The minimum Gasteiger partial charge on any atom is -0.366 e. The summed E-state index contributed by atoms with van der Waals surface area (Å²) in [5.41, 5.74) is 1.73. The molecule has 0 bridgehead atoms.